The van der Waals surface area contributed by atoms with Crippen LogP contribution in [0.4, 0.5) is 24.5 Å². The zero-order valence-corrected chi connectivity index (χ0v) is 10.6. The van der Waals surface area contributed by atoms with Gasteiger partial charge in [-0.05, 0) is 24.1 Å². The summed E-state index contributed by atoms with van der Waals surface area (Å²) in [6.45, 7) is 3.48. The molecule has 0 heterocycles. The number of hydrogen-bond donors (Lipinski definition) is 3. The molecule has 1 aromatic carbocycles. The zero-order valence-electron chi connectivity index (χ0n) is 10.6. The number of nitrogens with one attached hydrogen (secondary N) is 1. The van der Waals surface area contributed by atoms with Crippen molar-refractivity contribution in [1.82, 2.24) is 0 Å². The van der Waals surface area contributed by atoms with Gasteiger partial charge in [0.05, 0.1) is 5.56 Å². The highest BCUT2D eigenvalue weighted by atomic mass is 19.4. The Morgan fingerprint density at radius 1 is 1.32 bits per heavy atom. The number of halogens is 3. The number of hydrogen-bond acceptors (Lipinski definition) is 3. The molecule has 0 aromatic heterocycles. The van der Waals surface area contributed by atoms with E-state index in [9.17, 15) is 18.0 Å². The summed E-state index contributed by atoms with van der Waals surface area (Å²) < 4.78 is 38.1. The number of nitrogens with two attached hydrogens (primary N) is 2. The molecule has 1 atom stereocenters. The number of primary amides is 1. The number of benzene rings is 1. The van der Waals surface area contributed by atoms with Crippen molar-refractivity contribution < 1.29 is 18.0 Å². The highest BCUT2D eigenvalue weighted by Gasteiger charge is 2.33. The van der Waals surface area contributed by atoms with Crippen LogP contribution < -0.4 is 16.8 Å². The van der Waals surface area contributed by atoms with Crippen molar-refractivity contribution in [2.45, 2.75) is 26.1 Å². The minimum atomic E-state index is -4.54. The van der Waals surface area contributed by atoms with Gasteiger partial charge in [0.1, 0.15) is 6.04 Å². The molecule has 1 unspecified atom stereocenters. The molecular formula is C12H16F3N3O. The molecule has 1 aromatic rings. The molecule has 0 fully saturated rings. The van der Waals surface area contributed by atoms with Gasteiger partial charge in [0.2, 0.25) is 5.91 Å². The van der Waals surface area contributed by atoms with E-state index < -0.39 is 23.7 Å². The summed E-state index contributed by atoms with van der Waals surface area (Å²) in [5.74, 6) is -0.773. The topological polar surface area (TPSA) is 81.1 Å². The van der Waals surface area contributed by atoms with Gasteiger partial charge in [0, 0.05) is 11.4 Å². The molecule has 7 heteroatoms. The first-order chi connectivity index (χ1) is 8.62. The van der Waals surface area contributed by atoms with Crippen LogP contribution in [0.3, 0.4) is 0 Å². The average molecular weight is 275 g/mol. The molecule has 0 radical (unpaired) electrons. The molecule has 0 spiro atoms. The first kappa shape index (κ1) is 15.1. The molecular weight excluding hydrogens is 259 g/mol. The smallest absolute Gasteiger partial charge is 0.398 e. The number of amides is 1. The van der Waals surface area contributed by atoms with Gasteiger partial charge in [-0.3, -0.25) is 4.79 Å². The third-order valence-electron chi connectivity index (χ3n) is 2.65. The standard InChI is InChI=1S/C12H16F3N3O/c1-6(2)10(11(17)19)18-7-3-4-9(16)8(5-7)12(13,14)15/h3-6,10,18H,16H2,1-2H3,(H2,17,19). The maximum atomic E-state index is 12.7. The van der Waals surface area contributed by atoms with Crippen molar-refractivity contribution in [1.29, 1.82) is 0 Å². The third kappa shape index (κ3) is 3.77. The molecule has 0 aliphatic carbocycles. The van der Waals surface area contributed by atoms with E-state index in [1.807, 2.05) is 0 Å². The molecule has 0 bridgehead atoms. The Bertz CT molecular complexity index is 472. The minimum absolute atomic E-state index is 0.149. The van der Waals surface area contributed by atoms with Crippen LogP contribution in [-0.4, -0.2) is 11.9 Å². The van der Waals surface area contributed by atoms with Gasteiger partial charge >= 0.3 is 6.18 Å². The molecule has 1 amide bonds. The van der Waals surface area contributed by atoms with E-state index in [1.54, 1.807) is 13.8 Å². The van der Waals surface area contributed by atoms with E-state index in [0.29, 0.717) is 0 Å². The number of nitrogen functional groups attached to an aromatic ring is 1. The second kappa shape index (κ2) is 5.38. The lowest BCUT2D eigenvalue weighted by atomic mass is 10.0. The summed E-state index contributed by atoms with van der Waals surface area (Å²) in [5, 5.41) is 2.69. The summed E-state index contributed by atoms with van der Waals surface area (Å²) in [5.41, 5.74) is 9.33. The van der Waals surface area contributed by atoms with Gasteiger partial charge < -0.3 is 16.8 Å². The summed E-state index contributed by atoms with van der Waals surface area (Å²) in [6.07, 6.45) is -4.54. The van der Waals surface area contributed by atoms with Crippen molar-refractivity contribution in [2.24, 2.45) is 11.7 Å². The molecule has 106 valence electrons. The van der Waals surface area contributed by atoms with Crippen LogP contribution in [0.2, 0.25) is 0 Å². The Morgan fingerprint density at radius 3 is 2.32 bits per heavy atom. The Hall–Kier alpha value is -1.92. The lowest BCUT2D eigenvalue weighted by molar-refractivity contribution is -0.136. The molecule has 0 aliphatic rings. The Balaban J connectivity index is 3.06. The van der Waals surface area contributed by atoms with Crippen LogP contribution in [0.15, 0.2) is 18.2 Å². The predicted molar refractivity (Wildman–Crippen MR) is 67.3 cm³/mol. The van der Waals surface area contributed by atoms with Gasteiger partial charge in [-0.15, -0.1) is 0 Å². The second-order valence-corrected chi connectivity index (χ2v) is 4.57. The number of carbonyl (C=O) groups excluding carboxylic acids is 1. The summed E-state index contributed by atoms with van der Waals surface area (Å²) in [7, 11) is 0. The van der Waals surface area contributed by atoms with Crippen LogP contribution >= 0.6 is 0 Å². The molecule has 0 aliphatic heterocycles. The van der Waals surface area contributed by atoms with Crippen LogP contribution in [0.1, 0.15) is 19.4 Å². The fourth-order valence-corrected chi connectivity index (χ4v) is 1.64. The number of carbonyl (C=O) groups is 1. The fraction of sp³-hybridized carbons (Fsp3) is 0.417. The Kier molecular flexibility index (Phi) is 4.28. The normalized spacial score (nSPS) is 13.4. The van der Waals surface area contributed by atoms with Crippen LogP contribution in [0.25, 0.3) is 0 Å². The van der Waals surface area contributed by atoms with E-state index in [1.165, 1.54) is 6.07 Å². The number of anilines is 2. The number of rotatable bonds is 4. The van der Waals surface area contributed by atoms with Crippen molar-refractivity contribution in [2.75, 3.05) is 11.1 Å². The highest BCUT2D eigenvalue weighted by molar-refractivity contribution is 5.83. The molecule has 0 saturated carbocycles. The average Bonchev–Trinajstić information content (AvgIpc) is 2.25. The number of alkyl halides is 3. The maximum Gasteiger partial charge on any atom is 0.418 e. The van der Waals surface area contributed by atoms with E-state index in [4.69, 9.17) is 11.5 Å². The second-order valence-electron chi connectivity index (χ2n) is 4.57. The quantitative estimate of drug-likeness (QED) is 0.737. The fourth-order valence-electron chi connectivity index (χ4n) is 1.64. The summed E-state index contributed by atoms with van der Waals surface area (Å²) >= 11 is 0. The van der Waals surface area contributed by atoms with E-state index >= 15 is 0 Å². The largest absolute Gasteiger partial charge is 0.418 e. The first-order valence-corrected chi connectivity index (χ1v) is 5.65. The van der Waals surface area contributed by atoms with Crippen molar-refractivity contribution in [3.8, 4) is 0 Å². The van der Waals surface area contributed by atoms with Gasteiger partial charge in [-0.1, -0.05) is 13.8 Å². The van der Waals surface area contributed by atoms with E-state index in [0.717, 1.165) is 12.1 Å². The molecule has 1 rings (SSSR count). The van der Waals surface area contributed by atoms with Gasteiger partial charge in [-0.25, -0.2) is 0 Å². The van der Waals surface area contributed by atoms with Gasteiger partial charge in [0.15, 0.2) is 0 Å². The third-order valence-corrected chi connectivity index (χ3v) is 2.65. The SMILES string of the molecule is CC(C)C(Nc1ccc(N)c(C(F)(F)F)c1)C(N)=O. The van der Waals surface area contributed by atoms with E-state index in [-0.39, 0.29) is 17.3 Å². The molecule has 5 N–H and O–H groups in total. The summed E-state index contributed by atoms with van der Waals surface area (Å²) in [6, 6.07) is 2.64. The van der Waals surface area contributed by atoms with Crippen LogP contribution in [-0.2, 0) is 11.0 Å². The minimum Gasteiger partial charge on any atom is -0.398 e. The van der Waals surface area contributed by atoms with E-state index in [2.05, 4.69) is 5.32 Å². The Morgan fingerprint density at radius 2 is 1.89 bits per heavy atom. The van der Waals surface area contributed by atoms with Crippen LogP contribution in [0.5, 0.6) is 0 Å². The predicted octanol–water partition coefficient (Wildman–Crippen LogP) is 2.21. The molecule has 0 saturated heterocycles. The highest BCUT2D eigenvalue weighted by Crippen LogP contribution is 2.35. The van der Waals surface area contributed by atoms with Gasteiger partial charge in [0.25, 0.3) is 0 Å². The van der Waals surface area contributed by atoms with Crippen molar-refractivity contribution in [3.63, 3.8) is 0 Å². The molecule has 19 heavy (non-hydrogen) atoms. The first-order valence-electron chi connectivity index (χ1n) is 5.65. The van der Waals surface area contributed by atoms with Crippen molar-refractivity contribution >= 4 is 17.3 Å². The lowest BCUT2D eigenvalue weighted by Crippen LogP contribution is -2.39. The van der Waals surface area contributed by atoms with Crippen molar-refractivity contribution in [3.05, 3.63) is 23.8 Å². The van der Waals surface area contributed by atoms with Crippen LogP contribution in [0, 0.1) is 5.92 Å². The summed E-state index contributed by atoms with van der Waals surface area (Å²) in [4.78, 5) is 11.2. The molecule has 4 nitrogen and oxygen atoms in total. The van der Waals surface area contributed by atoms with Gasteiger partial charge in [-0.2, -0.15) is 13.2 Å². The monoisotopic (exact) mass is 275 g/mol. The zero-order chi connectivity index (χ0) is 14.8. The lowest BCUT2D eigenvalue weighted by Gasteiger charge is -2.21. The Labute approximate surface area is 109 Å². The maximum absolute atomic E-state index is 12.7.